The fourth-order valence-electron chi connectivity index (χ4n) is 1.74. The molecule has 0 saturated carbocycles. The van der Waals surface area contributed by atoms with Gasteiger partial charge in [0.25, 0.3) is 0 Å². The van der Waals surface area contributed by atoms with Crippen LogP contribution in [0.4, 0.5) is 0 Å². The van der Waals surface area contributed by atoms with Crippen LogP contribution in [0.3, 0.4) is 0 Å². The van der Waals surface area contributed by atoms with Crippen molar-refractivity contribution < 1.29 is 24.9 Å². The Morgan fingerprint density at radius 2 is 1.57 bits per heavy atom. The maximum atomic E-state index is 10.1. The summed E-state index contributed by atoms with van der Waals surface area (Å²) in [6.45, 7) is 6.06. The van der Waals surface area contributed by atoms with E-state index in [9.17, 15) is 14.7 Å². The van der Waals surface area contributed by atoms with E-state index in [0.29, 0.717) is 23.2 Å². The number of hydrogen-bond acceptors (Lipinski definition) is 4. The average molecular weight is 344 g/mol. The molecule has 0 aliphatic carbocycles. The largest absolute Gasteiger partial charge is 0.478 e. The molecule has 2 atom stereocenters. The number of benzene rings is 1. The smallest absolute Gasteiger partial charge is 0.328 e. The number of halogens is 1. The summed E-state index contributed by atoms with van der Waals surface area (Å²) in [5, 5.41) is 29.6. The van der Waals surface area contributed by atoms with E-state index in [2.05, 4.69) is 19.2 Å². The molecule has 0 radical (unpaired) electrons. The standard InChI is InChI=1S/C12H18ClNO.C4H4O4/c1-8(2)14-9(3)12(15)10-6-4-5-7-11(10)13;5-3(6)1-2-4(7)8/h4-9,12,14-15H,1-3H3;1-2H,(H,5,6)(H,7,8)/b;2-1+. The molecule has 0 aromatic heterocycles. The molecular formula is C16H22ClNO5. The minimum atomic E-state index is -1.26. The van der Waals surface area contributed by atoms with Gasteiger partial charge < -0.3 is 20.6 Å². The molecule has 2 unspecified atom stereocenters. The van der Waals surface area contributed by atoms with Gasteiger partial charge in [-0.05, 0) is 13.0 Å². The van der Waals surface area contributed by atoms with E-state index in [1.807, 2.05) is 25.1 Å². The molecular weight excluding hydrogens is 322 g/mol. The highest BCUT2D eigenvalue weighted by atomic mass is 35.5. The van der Waals surface area contributed by atoms with Crippen LogP contribution in [0.15, 0.2) is 36.4 Å². The van der Waals surface area contributed by atoms with Gasteiger partial charge in [-0.15, -0.1) is 0 Å². The Hall–Kier alpha value is -1.89. The Balaban J connectivity index is 0.000000515. The lowest BCUT2D eigenvalue weighted by atomic mass is 10.0. The first-order valence-corrected chi connectivity index (χ1v) is 7.35. The van der Waals surface area contributed by atoms with Gasteiger partial charge in [0.1, 0.15) is 0 Å². The highest BCUT2D eigenvalue weighted by molar-refractivity contribution is 6.31. The van der Waals surface area contributed by atoms with Crippen molar-refractivity contribution in [3.8, 4) is 0 Å². The number of carbonyl (C=O) groups is 2. The van der Waals surface area contributed by atoms with Gasteiger partial charge in [-0.2, -0.15) is 0 Å². The summed E-state index contributed by atoms with van der Waals surface area (Å²) >= 11 is 6.01. The Kier molecular flexibility index (Phi) is 9.89. The van der Waals surface area contributed by atoms with Crippen molar-refractivity contribution in [1.29, 1.82) is 0 Å². The van der Waals surface area contributed by atoms with Gasteiger partial charge in [0, 0.05) is 34.8 Å². The summed E-state index contributed by atoms with van der Waals surface area (Å²) < 4.78 is 0. The first kappa shape index (κ1) is 21.1. The van der Waals surface area contributed by atoms with Gasteiger partial charge in [-0.3, -0.25) is 0 Å². The Bertz CT molecular complexity index is 529. The number of aliphatic hydroxyl groups is 1. The lowest BCUT2D eigenvalue weighted by Crippen LogP contribution is -2.37. The van der Waals surface area contributed by atoms with E-state index in [-0.39, 0.29) is 6.04 Å². The summed E-state index contributed by atoms with van der Waals surface area (Å²) in [5.41, 5.74) is 0.778. The second-order valence-corrected chi connectivity index (χ2v) is 5.49. The summed E-state index contributed by atoms with van der Waals surface area (Å²) in [7, 11) is 0. The monoisotopic (exact) mass is 343 g/mol. The van der Waals surface area contributed by atoms with Crippen LogP contribution in [-0.2, 0) is 9.59 Å². The number of carboxylic acids is 2. The second-order valence-electron chi connectivity index (χ2n) is 5.09. The zero-order chi connectivity index (χ0) is 18.0. The lowest BCUT2D eigenvalue weighted by molar-refractivity contribution is -0.134. The van der Waals surface area contributed by atoms with Crippen molar-refractivity contribution in [2.24, 2.45) is 0 Å². The fraction of sp³-hybridized carbons (Fsp3) is 0.375. The topological polar surface area (TPSA) is 107 Å². The van der Waals surface area contributed by atoms with Crippen LogP contribution in [0.5, 0.6) is 0 Å². The number of carboxylic acid groups (broad SMARTS) is 2. The third kappa shape index (κ3) is 9.67. The third-order valence-electron chi connectivity index (χ3n) is 2.66. The quantitative estimate of drug-likeness (QED) is 0.591. The SMILES string of the molecule is CC(C)NC(C)C(O)c1ccccc1Cl.O=C(O)/C=C/C(=O)O. The van der Waals surface area contributed by atoms with Crippen LogP contribution in [0.25, 0.3) is 0 Å². The van der Waals surface area contributed by atoms with Gasteiger partial charge in [0.15, 0.2) is 0 Å². The molecule has 1 aromatic carbocycles. The molecule has 0 saturated heterocycles. The van der Waals surface area contributed by atoms with Crippen LogP contribution in [0.2, 0.25) is 5.02 Å². The molecule has 0 aliphatic heterocycles. The van der Waals surface area contributed by atoms with Gasteiger partial charge in [0.2, 0.25) is 0 Å². The molecule has 23 heavy (non-hydrogen) atoms. The highest BCUT2D eigenvalue weighted by Crippen LogP contribution is 2.24. The summed E-state index contributed by atoms with van der Waals surface area (Å²) in [6, 6.07) is 7.72. The fourth-order valence-corrected chi connectivity index (χ4v) is 1.99. The van der Waals surface area contributed by atoms with E-state index in [1.54, 1.807) is 6.07 Å². The number of nitrogens with one attached hydrogen (secondary N) is 1. The molecule has 0 bridgehead atoms. The van der Waals surface area contributed by atoms with Gasteiger partial charge in [0.05, 0.1) is 6.10 Å². The van der Waals surface area contributed by atoms with Crippen molar-refractivity contribution in [2.45, 2.75) is 39.0 Å². The Morgan fingerprint density at radius 1 is 1.09 bits per heavy atom. The van der Waals surface area contributed by atoms with E-state index < -0.39 is 18.0 Å². The van der Waals surface area contributed by atoms with Crippen LogP contribution in [0.1, 0.15) is 32.4 Å². The van der Waals surface area contributed by atoms with Gasteiger partial charge >= 0.3 is 11.9 Å². The van der Waals surface area contributed by atoms with Crippen LogP contribution >= 0.6 is 11.6 Å². The molecule has 0 amide bonds. The molecule has 0 fully saturated rings. The van der Waals surface area contributed by atoms with Crippen molar-refractivity contribution in [3.05, 3.63) is 47.0 Å². The minimum absolute atomic E-state index is 0.00935. The van der Waals surface area contributed by atoms with E-state index in [0.717, 1.165) is 5.56 Å². The number of hydrogen-bond donors (Lipinski definition) is 4. The molecule has 1 aromatic rings. The van der Waals surface area contributed by atoms with Crippen LogP contribution in [-0.4, -0.2) is 39.3 Å². The van der Waals surface area contributed by atoms with Gasteiger partial charge in [-0.25, -0.2) is 9.59 Å². The predicted molar refractivity (Wildman–Crippen MR) is 88.6 cm³/mol. The molecule has 0 aliphatic rings. The predicted octanol–water partition coefficient (Wildman–Crippen LogP) is 2.47. The normalized spacial score (nSPS) is 13.3. The number of rotatable bonds is 6. The summed E-state index contributed by atoms with van der Waals surface area (Å²) in [5.74, 6) is -2.51. The molecule has 4 N–H and O–H groups in total. The van der Waals surface area contributed by atoms with Crippen LogP contribution in [0, 0.1) is 0 Å². The summed E-state index contributed by atoms with van der Waals surface area (Å²) in [6.07, 6.45) is 0.547. The Labute approximate surface area is 140 Å². The third-order valence-corrected chi connectivity index (χ3v) is 3.01. The summed E-state index contributed by atoms with van der Waals surface area (Å²) in [4.78, 5) is 19.1. The first-order valence-electron chi connectivity index (χ1n) is 6.97. The zero-order valence-corrected chi connectivity index (χ0v) is 14.0. The van der Waals surface area contributed by atoms with E-state index in [1.165, 1.54) is 0 Å². The first-order chi connectivity index (χ1) is 10.6. The maximum Gasteiger partial charge on any atom is 0.328 e. The minimum Gasteiger partial charge on any atom is -0.478 e. The molecule has 7 heteroatoms. The number of aliphatic hydroxyl groups excluding tert-OH is 1. The maximum absolute atomic E-state index is 10.1. The Morgan fingerprint density at radius 3 is 1.96 bits per heavy atom. The molecule has 6 nitrogen and oxygen atoms in total. The molecule has 128 valence electrons. The molecule has 1 rings (SSSR count). The zero-order valence-electron chi connectivity index (χ0n) is 13.2. The van der Waals surface area contributed by atoms with Crippen molar-refractivity contribution in [3.63, 3.8) is 0 Å². The van der Waals surface area contributed by atoms with Gasteiger partial charge in [-0.1, -0.05) is 43.6 Å². The van der Waals surface area contributed by atoms with E-state index >= 15 is 0 Å². The second kappa shape index (κ2) is 10.8. The lowest BCUT2D eigenvalue weighted by Gasteiger charge is -2.23. The van der Waals surface area contributed by atoms with Crippen molar-refractivity contribution >= 4 is 23.5 Å². The average Bonchev–Trinajstić information content (AvgIpc) is 2.45. The number of aliphatic carboxylic acids is 2. The molecule has 0 heterocycles. The van der Waals surface area contributed by atoms with E-state index in [4.69, 9.17) is 21.8 Å². The van der Waals surface area contributed by atoms with Crippen molar-refractivity contribution in [1.82, 2.24) is 5.32 Å². The highest BCUT2D eigenvalue weighted by Gasteiger charge is 2.18. The van der Waals surface area contributed by atoms with Crippen LogP contribution < -0.4 is 5.32 Å². The molecule has 0 spiro atoms. The van der Waals surface area contributed by atoms with Crippen molar-refractivity contribution in [2.75, 3.05) is 0 Å².